The highest BCUT2D eigenvalue weighted by atomic mass is 19.1. The quantitative estimate of drug-likeness (QED) is 0.805. The zero-order valence-corrected chi connectivity index (χ0v) is 15.8. The summed E-state index contributed by atoms with van der Waals surface area (Å²) in [5.74, 6) is -2.13. The molecule has 0 bridgehead atoms. The fourth-order valence-electron chi connectivity index (χ4n) is 3.75. The second-order valence-electron chi connectivity index (χ2n) is 7.34. The summed E-state index contributed by atoms with van der Waals surface area (Å²) in [6, 6.07) is 10.9. The van der Waals surface area contributed by atoms with E-state index in [4.69, 9.17) is 4.74 Å². The van der Waals surface area contributed by atoms with Crippen molar-refractivity contribution in [2.45, 2.75) is 31.8 Å². The van der Waals surface area contributed by atoms with Gasteiger partial charge in [-0.05, 0) is 48.2 Å². The largest absolute Gasteiger partial charge is 0.460 e. The Morgan fingerprint density at radius 2 is 1.83 bits per heavy atom. The van der Waals surface area contributed by atoms with Gasteiger partial charge in [0.05, 0.1) is 5.92 Å². The number of hydrogen-bond donors (Lipinski definition) is 1. The number of fused-ring (bicyclic) bond motifs is 1. The van der Waals surface area contributed by atoms with Gasteiger partial charge in [0, 0.05) is 30.8 Å². The second kappa shape index (κ2) is 8.03. The van der Waals surface area contributed by atoms with E-state index in [2.05, 4.69) is 5.32 Å². The van der Waals surface area contributed by atoms with Gasteiger partial charge >= 0.3 is 5.97 Å². The number of hydrogen-bond acceptors (Lipinski definition) is 4. The lowest BCUT2D eigenvalue weighted by Crippen LogP contribution is -2.28. The number of ether oxygens (including phenoxy) is 1. The van der Waals surface area contributed by atoms with E-state index in [1.165, 1.54) is 18.2 Å². The van der Waals surface area contributed by atoms with Gasteiger partial charge in [-0.3, -0.25) is 14.4 Å². The molecule has 2 heterocycles. The van der Waals surface area contributed by atoms with Crippen LogP contribution in [0, 0.1) is 5.82 Å². The van der Waals surface area contributed by atoms with Crippen molar-refractivity contribution in [3.8, 4) is 0 Å². The molecule has 6 nitrogen and oxygen atoms in total. The lowest BCUT2D eigenvalue weighted by Gasteiger charge is -2.24. The molecular formula is C22H21FN2O4. The topological polar surface area (TPSA) is 75.7 Å². The van der Waals surface area contributed by atoms with E-state index in [-0.39, 0.29) is 24.8 Å². The number of nitrogens with one attached hydrogen (secondary N) is 1. The molecule has 150 valence electrons. The van der Waals surface area contributed by atoms with Crippen molar-refractivity contribution in [2.75, 3.05) is 18.4 Å². The Morgan fingerprint density at radius 1 is 1.10 bits per heavy atom. The third-order valence-electron chi connectivity index (χ3n) is 5.31. The minimum atomic E-state index is -0.768. The Kier molecular flexibility index (Phi) is 5.29. The molecule has 0 radical (unpaired) electrons. The van der Waals surface area contributed by atoms with Gasteiger partial charge in [0.25, 0.3) is 5.91 Å². The molecular weight excluding hydrogens is 375 g/mol. The summed E-state index contributed by atoms with van der Waals surface area (Å²) in [7, 11) is 0. The summed E-state index contributed by atoms with van der Waals surface area (Å²) < 4.78 is 18.8. The summed E-state index contributed by atoms with van der Waals surface area (Å²) in [4.78, 5) is 38.6. The van der Waals surface area contributed by atoms with E-state index in [0.29, 0.717) is 16.8 Å². The summed E-state index contributed by atoms with van der Waals surface area (Å²) >= 11 is 0. The molecule has 0 saturated carbocycles. The number of halogens is 1. The standard InChI is InChI=1S/C22H21FN2O4/c23-16-7-8-17-18(12-20(26)24-19(17)11-16)22(28)29-13-14-3-5-15(6-4-14)21(27)25-9-1-2-10-25/h3-8,11,18H,1-2,9-10,12-13H2,(H,24,26). The van der Waals surface area contributed by atoms with Gasteiger partial charge in [0.1, 0.15) is 12.4 Å². The third-order valence-corrected chi connectivity index (χ3v) is 5.31. The van der Waals surface area contributed by atoms with E-state index in [1.807, 2.05) is 4.90 Å². The highest BCUT2D eigenvalue weighted by Crippen LogP contribution is 2.33. The lowest BCUT2D eigenvalue weighted by atomic mass is 9.90. The van der Waals surface area contributed by atoms with Crippen LogP contribution in [-0.2, 0) is 20.9 Å². The minimum absolute atomic E-state index is 0.0168. The number of amides is 2. The number of rotatable bonds is 4. The highest BCUT2D eigenvalue weighted by molar-refractivity contribution is 6.00. The number of benzene rings is 2. The van der Waals surface area contributed by atoms with Gasteiger partial charge < -0.3 is 15.0 Å². The van der Waals surface area contributed by atoms with Crippen LogP contribution in [0.2, 0.25) is 0 Å². The molecule has 1 N–H and O–H groups in total. The average molecular weight is 396 g/mol. The van der Waals surface area contributed by atoms with Gasteiger partial charge in [-0.1, -0.05) is 18.2 Å². The maximum Gasteiger partial charge on any atom is 0.314 e. The molecule has 2 aromatic rings. The van der Waals surface area contributed by atoms with Crippen LogP contribution in [0.4, 0.5) is 10.1 Å². The van der Waals surface area contributed by atoms with E-state index in [0.717, 1.165) is 31.5 Å². The van der Waals surface area contributed by atoms with Crippen LogP contribution in [0.25, 0.3) is 0 Å². The maximum absolute atomic E-state index is 13.4. The number of esters is 1. The van der Waals surface area contributed by atoms with E-state index in [9.17, 15) is 18.8 Å². The number of nitrogens with zero attached hydrogens (tertiary/aromatic N) is 1. The van der Waals surface area contributed by atoms with Crippen molar-refractivity contribution in [2.24, 2.45) is 0 Å². The van der Waals surface area contributed by atoms with Crippen LogP contribution in [-0.4, -0.2) is 35.8 Å². The van der Waals surface area contributed by atoms with Crippen LogP contribution < -0.4 is 5.32 Å². The van der Waals surface area contributed by atoms with Gasteiger partial charge in [-0.2, -0.15) is 0 Å². The first kappa shape index (κ1) is 19.1. The second-order valence-corrected chi connectivity index (χ2v) is 7.34. The monoisotopic (exact) mass is 396 g/mol. The highest BCUT2D eigenvalue weighted by Gasteiger charge is 2.32. The zero-order chi connectivity index (χ0) is 20.4. The molecule has 2 aromatic carbocycles. The number of anilines is 1. The third kappa shape index (κ3) is 4.13. The van der Waals surface area contributed by atoms with Crippen LogP contribution in [0.15, 0.2) is 42.5 Å². The first-order valence-electron chi connectivity index (χ1n) is 9.65. The Balaban J connectivity index is 1.40. The summed E-state index contributed by atoms with van der Waals surface area (Å²) in [5, 5.41) is 2.58. The predicted molar refractivity (Wildman–Crippen MR) is 104 cm³/mol. The van der Waals surface area contributed by atoms with Gasteiger partial charge in [0.15, 0.2) is 0 Å². The SMILES string of the molecule is O=C1CC(C(=O)OCc2ccc(C(=O)N3CCCC3)cc2)c2ccc(F)cc2N1. The van der Waals surface area contributed by atoms with Gasteiger partial charge in [-0.25, -0.2) is 4.39 Å². The Bertz CT molecular complexity index is 952. The number of carbonyl (C=O) groups excluding carboxylic acids is 3. The van der Waals surface area contributed by atoms with E-state index < -0.39 is 17.7 Å². The van der Waals surface area contributed by atoms with Crippen LogP contribution in [0.5, 0.6) is 0 Å². The average Bonchev–Trinajstić information content (AvgIpc) is 3.26. The normalized spacial score (nSPS) is 18.2. The van der Waals surface area contributed by atoms with Crippen molar-refractivity contribution in [1.29, 1.82) is 0 Å². The van der Waals surface area contributed by atoms with Gasteiger partial charge in [0.2, 0.25) is 5.91 Å². The molecule has 0 aromatic heterocycles. The summed E-state index contributed by atoms with van der Waals surface area (Å²) in [6.45, 7) is 1.61. The zero-order valence-electron chi connectivity index (χ0n) is 15.8. The molecule has 1 unspecified atom stereocenters. The molecule has 2 aliphatic heterocycles. The molecule has 4 rings (SSSR count). The van der Waals surface area contributed by atoms with Crippen molar-refractivity contribution >= 4 is 23.5 Å². The predicted octanol–water partition coefficient (Wildman–Crippen LogP) is 3.23. The molecule has 2 aliphatic rings. The molecule has 0 aliphatic carbocycles. The van der Waals surface area contributed by atoms with Gasteiger partial charge in [-0.15, -0.1) is 0 Å². The smallest absolute Gasteiger partial charge is 0.314 e. The van der Waals surface area contributed by atoms with E-state index in [1.54, 1.807) is 24.3 Å². The van der Waals surface area contributed by atoms with Crippen molar-refractivity contribution in [1.82, 2.24) is 4.90 Å². The molecule has 2 amide bonds. The lowest BCUT2D eigenvalue weighted by molar-refractivity contribution is -0.148. The molecule has 0 spiro atoms. The Labute approximate surface area is 167 Å². The number of likely N-dealkylation sites (tertiary alicyclic amines) is 1. The van der Waals surface area contributed by atoms with Crippen LogP contribution in [0.1, 0.15) is 46.7 Å². The fraction of sp³-hybridized carbons (Fsp3) is 0.318. The van der Waals surface area contributed by atoms with Crippen LogP contribution in [0.3, 0.4) is 0 Å². The van der Waals surface area contributed by atoms with Crippen molar-refractivity contribution in [3.63, 3.8) is 0 Å². The summed E-state index contributed by atoms with van der Waals surface area (Å²) in [6.07, 6.45) is 2.03. The molecule has 7 heteroatoms. The van der Waals surface area contributed by atoms with Crippen LogP contribution >= 0.6 is 0 Å². The summed E-state index contributed by atoms with van der Waals surface area (Å²) in [5.41, 5.74) is 2.20. The van der Waals surface area contributed by atoms with Crippen molar-refractivity contribution in [3.05, 3.63) is 65.0 Å². The maximum atomic E-state index is 13.4. The molecule has 1 saturated heterocycles. The Hall–Kier alpha value is -3.22. The molecule has 29 heavy (non-hydrogen) atoms. The van der Waals surface area contributed by atoms with E-state index >= 15 is 0 Å². The first-order valence-corrected chi connectivity index (χ1v) is 9.65. The van der Waals surface area contributed by atoms with Crippen molar-refractivity contribution < 1.29 is 23.5 Å². The molecule has 1 fully saturated rings. The first-order chi connectivity index (χ1) is 14.0. The Morgan fingerprint density at radius 3 is 2.55 bits per heavy atom. The fourth-order valence-corrected chi connectivity index (χ4v) is 3.75. The number of carbonyl (C=O) groups is 3. The molecule has 1 atom stereocenters. The minimum Gasteiger partial charge on any atom is -0.460 e.